The minimum atomic E-state index is 0.151. The van der Waals surface area contributed by atoms with E-state index in [1.807, 2.05) is 4.90 Å². The molecule has 1 aliphatic rings. The fourth-order valence-corrected chi connectivity index (χ4v) is 2.09. The third-order valence-electron chi connectivity index (χ3n) is 3.16. The SMILES string of the molecule is CCCc1noc(CN2CCN(C(C)=O)CC2)n1. The summed E-state index contributed by atoms with van der Waals surface area (Å²) in [6.45, 7) is 7.69. The van der Waals surface area contributed by atoms with Crippen LogP contribution in [0, 0.1) is 0 Å². The molecule has 0 aromatic carbocycles. The predicted molar refractivity (Wildman–Crippen MR) is 65.8 cm³/mol. The maximum atomic E-state index is 11.2. The fourth-order valence-electron chi connectivity index (χ4n) is 2.09. The molecule has 0 bridgehead atoms. The Morgan fingerprint density at radius 3 is 2.67 bits per heavy atom. The fraction of sp³-hybridized carbons (Fsp3) is 0.750. The quantitative estimate of drug-likeness (QED) is 0.788. The highest BCUT2D eigenvalue weighted by atomic mass is 16.5. The van der Waals surface area contributed by atoms with E-state index in [2.05, 4.69) is 22.0 Å². The van der Waals surface area contributed by atoms with E-state index in [0.29, 0.717) is 12.4 Å². The summed E-state index contributed by atoms with van der Waals surface area (Å²) < 4.78 is 5.21. The van der Waals surface area contributed by atoms with Crippen molar-refractivity contribution in [3.63, 3.8) is 0 Å². The average molecular weight is 252 g/mol. The van der Waals surface area contributed by atoms with Crippen LogP contribution in [0.25, 0.3) is 0 Å². The number of rotatable bonds is 4. The van der Waals surface area contributed by atoms with Gasteiger partial charge in [0.1, 0.15) is 0 Å². The van der Waals surface area contributed by atoms with Crippen molar-refractivity contribution >= 4 is 5.91 Å². The van der Waals surface area contributed by atoms with Gasteiger partial charge in [-0.05, 0) is 6.42 Å². The molecule has 2 heterocycles. The number of carbonyl (C=O) groups is 1. The summed E-state index contributed by atoms with van der Waals surface area (Å²) in [5, 5.41) is 3.94. The van der Waals surface area contributed by atoms with Crippen LogP contribution in [-0.4, -0.2) is 52.0 Å². The first-order chi connectivity index (χ1) is 8.69. The summed E-state index contributed by atoms with van der Waals surface area (Å²) in [4.78, 5) is 19.7. The first-order valence-corrected chi connectivity index (χ1v) is 6.48. The monoisotopic (exact) mass is 252 g/mol. The summed E-state index contributed by atoms with van der Waals surface area (Å²) in [5.41, 5.74) is 0. The molecule has 1 aromatic heterocycles. The molecule has 1 aliphatic heterocycles. The molecule has 2 rings (SSSR count). The number of aromatic nitrogens is 2. The van der Waals surface area contributed by atoms with Crippen LogP contribution in [0.3, 0.4) is 0 Å². The van der Waals surface area contributed by atoms with Crippen LogP contribution in [0.2, 0.25) is 0 Å². The van der Waals surface area contributed by atoms with Crippen LogP contribution in [0.15, 0.2) is 4.52 Å². The van der Waals surface area contributed by atoms with Gasteiger partial charge < -0.3 is 9.42 Å². The average Bonchev–Trinajstić information content (AvgIpc) is 2.78. The largest absolute Gasteiger partial charge is 0.340 e. The van der Waals surface area contributed by atoms with Crippen LogP contribution in [0.1, 0.15) is 32.0 Å². The molecule has 1 amide bonds. The molecule has 18 heavy (non-hydrogen) atoms. The van der Waals surface area contributed by atoms with Gasteiger partial charge in [0.2, 0.25) is 11.8 Å². The summed E-state index contributed by atoms with van der Waals surface area (Å²) in [6.07, 6.45) is 1.89. The molecule has 0 atom stereocenters. The van der Waals surface area contributed by atoms with Crippen molar-refractivity contribution in [1.29, 1.82) is 0 Å². The summed E-state index contributed by atoms with van der Waals surface area (Å²) in [6, 6.07) is 0. The first kappa shape index (κ1) is 13.0. The van der Waals surface area contributed by atoms with Gasteiger partial charge >= 0.3 is 0 Å². The van der Waals surface area contributed by atoms with Gasteiger partial charge in [-0.1, -0.05) is 12.1 Å². The second kappa shape index (κ2) is 5.95. The zero-order valence-corrected chi connectivity index (χ0v) is 11.1. The van der Waals surface area contributed by atoms with E-state index in [1.54, 1.807) is 6.92 Å². The molecule has 6 nitrogen and oxygen atoms in total. The molecule has 100 valence electrons. The van der Waals surface area contributed by atoms with Crippen LogP contribution >= 0.6 is 0 Å². The molecule has 1 fully saturated rings. The van der Waals surface area contributed by atoms with Gasteiger partial charge in [-0.15, -0.1) is 0 Å². The lowest BCUT2D eigenvalue weighted by molar-refractivity contribution is -0.130. The Hall–Kier alpha value is -1.43. The molecule has 0 spiro atoms. The first-order valence-electron chi connectivity index (χ1n) is 6.48. The number of aryl methyl sites for hydroxylation is 1. The lowest BCUT2D eigenvalue weighted by atomic mass is 10.3. The van der Waals surface area contributed by atoms with Gasteiger partial charge in [0.15, 0.2) is 5.82 Å². The standard InChI is InChI=1S/C12H20N4O2/c1-3-4-11-13-12(18-14-11)9-15-5-7-16(8-6-15)10(2)17/h3-9H2,1-2H3. The number of piperazine rings is 1. The predicted octanol–water partition coefficient (Wildman–Crippen LogP) is 0.686. The number of carbonyl (C=O) groups excluding carboxylic acids is 1. The third kappa shape index (κ3) is 3.29. The van der Waals surface area contributed by atoms with Crippen molar-refractivity contribution in [2.24, 2.45) is 0 Å². The molecule has 0 N–H and O–H groups in total. The highest BCUT2D eigenvalue weighted by molar-refractivity contribution is 5.73. The van der Waals surface area contributed by atoms with Crippen molar-refractivity contribution in [3.05, 3.63) is 11.7 Å². The topological polar surface area (TPSA) is 62.5 Å². The Balaban J connectivity index is 1.81. The molecular weight excluding hydrogens is 232 g/mol. The molecule has 6 heteroatoms. The maximum Gasteiger partial charge on any atom is 0.240 e. The molecule has 1 aromatic rings. The summed E-state index contributed by atoms with van der Waals surface area (Å²) in [5.74, 6) is 1.61. The zero-order valence-electron chi connectivity index (χ0n) is 11.1. The van der Waals surface area contributed by atoms with Crippen LogP contribution in [-0.2, 0) is 17.8 Å². The van der Waals surface area contributed by atoms with Crippen molar-refractivity contribution in [2.45, 2.75) is 33.2 Å². The number of nitrogens with zero attached hydrogens (tertiary/aromatic N) is 4. The van der Waals surface area contributed by atoms with E-state index in [-0.39, 0.29) is 5.91 Å². The summed E-state index contributed by atoms with van der Waals surface area (Å²) in [7, 11) is 0. The lowest BCUT2D eigenvalue weighted by Crippen LogP contribution is -2.47. The molecule has 1 saturated heterocycles. The minimum Gasteiger partial charge on any atom is -0.340 e. The highest BCUT2D eigenvalue weighted by Gasteiger charge is 2.20. The second-order valence-electron chi connectivity index (χ2n) is 4.64. The van der Waals surface area contributed by atoms with E-state index in [1.165, 1.54) is 0 Å². The van der Waals surface area contributed by atoms with E-state index in [4.69, 9.17) is 4.52 Å². The Bertz CT molecular complexity index is 397. The van der Waals surface area contributed by atoms with E-state index in [9.17, 15) is 4.79 Å². The Kier molecular flexibility index (Phi) is 4.30. The van der Waals surface area contributed by atoms with E-state index >= 15 is 0 Å². The van der Waals surface area contributed by atoms with E-state index < -0.39 is 0 Å². The number of amides is 1. The Morgan fingerprint density at radius 1 is 1.33 bits per heavy atom. The summed E-state index contributed by atoms with van der Waals surface area (Å²) >= 11 is 0. The van der Waals surface area contributed by atoms with Gasteiger partial charge in [0, 0.05) is 39.5 Å². The van der Waals surface area contributed by atoms with Gasteiger partial charge in [-0.2, -0.15) is 4.98 Å². The van der Waals surface area contributed by atoms with Crippen LogP contribution < -0.4 is 0 Å². The molecule has 0 aliphatic carbocycles. The normalized spacial score (nSPS) is 17.1. The maximum absolute atomic E-state index is 11.2. The van der Waals surface area contributed by atoms with Gasteiger partial charge in [0.25, 0.3) is 0 Å². The van der Waals surface area contributed by atoms with Gasteiger partial charge in [-0.25, -0.2) is 0 Å². The minimum absolute atomic E-state index is 0.151. The Morgan fingerprint density at radius 2 is 2.06 bits per heavy atom. The smallest absolute Gasteiger partial charge is 0.240 e. The molecule has 0 radical (unpaired) electrons. The van der Waals surface area contributed by atoms with E-state index in [0.717, 1.165) is 44.8 Å². The second-order valence-corrected chi connectivity index (χ2v) is 4.64. The van der Waals surface area contributed by atoms with Crippen molar-refractivity contribution < 1.29 is 9.32 Å². The van der Waals surface area contributed by atoms with Crippen LogP contribution in [0.5, 0.6) is 0 Å². The zero-order chi connectivity index (χ0) is 13.0. The van der Waals surface area contributed by atoms with Crippen molar-refractivity contribution in [2.75, 3.05) is 26.2 Å². The highest BCUT2D eigenvalue weighted by Crippen LogP contribution is 2.08. The lowest BCUT2D eigenvalue weighted by Gasteiger charge is -2.33. The van der Waals surface area contributed by atoms with Gasteiger partial charge in [0.05, 0.1) is 6.54 Å². The van der Waals surface area contributed by atoms with Crippen molar-refractivity contribution in [1.82, 2.24) is 19.9 Å². The number of hydrogen-bond acceptors (Lipinski definition) is 5. The molecule has 0 saturated carbocycles. The number of hydrogen-bond donors (Lipinski definition) is 0. The van der Waals surface area contributed by atoms with Crippen molar-refractivity contribution in [3.8, 4) is 0 Å². The third-order valence-corrected chi connectivity index (χ3v) is 3.16. The van der Waals surface area contributed by atoms with Gasteiger partial charge in [-0.3, -0.25) is 9.69 Å². The molecular formula is C12H20N4O2. The van der Waals surface area contributed by atoms with Crippen LogP contribution in [0.4, 0.5) is 0 Å². The Labute approximate surface area is 107 Å². The molecule has 0 unspecified atom stereocenters.